The van der Waals surface area contributed by atoms with Gasteiger partial charge in [-0.05, 0) is 37.8 Å². The van der Waals surface area contributed by atoms with Crippen molar-refractivity contribution in [2.45, 2.75) is 38.8 Å². The van der Waals surface area contributed by atoms with Crippen molar-refractivity contribution >= 4 is 34.1 Å². The van der Waals surface area contributed by atoms with Crippen molar-refractivity contribution in [3.63, 3.8) is 0 Å². The first-order chi connectivity index (χ1) is 12.9. The summed E-state index contributed by atoms with van der Waals surface area (Å²) in [5.41, 5.74) is 6.36. The molecule has 0 fully saturated rings. The zero-order chi connectivity index (χ0) is 19.6. The molecule has 1 atom stereocenters. The van der Waals surface area contributed by atoms with E-state index in [9.17, 15) is 19.2 Å². The summed E-state index contributed by atoms with van der Waals surface area (Å²) >= 11 is 1.33. The number of esters is 1. The molecule has 142 valence electrons. The van der Waals surface area contributed by atoms with Crippen molar-refractivity contribution in [3.8, 4) is 0 Å². The van der Waals surface area contributed by atoms with Crippen LogP contribution >= 0.6 is 11.3 Å². The number of nitrogens with one attached hydrogen (secondary N) is 1. The summed E-state index contributed by atoms with van der Waals surface area (Å²) in [6, 6.07) is 4.51. The fraction of sp³-hybridized carbons (Fsp3) is 0.333. The van der Waals surface area contributed by atoms with Crippen molar-refractivity contribution in [1.82, 2.24) is 4.57 Å². The van der Waals surface area contributed by atoms with Crippen LogP contribution in [-0.4, -0.2) is 28.5 Å². The van der Waals surface area contributed by atoms with Crippen molar-refractivity contribution in [3.05, 3.63) is 50.8 Å². The van der Waals surface area contributed by atoms with Crippen LogP contribution in [0.25, 0.3) is 0 Å². The number of pyridine rings is 1. The smallest absolute Gasteiger partial charge is 0.326 e. The monoisotopic (exact) mass is 389 g/mol. The highest BCUT2D eigenvalue weighted by atomic mass is 32.1. The first-order valence-electron chi connectivity index (χ1n) is 8.47. The van der Waals surface area contributed by atoms with Gasteiger partial charge in [0.2, 0.25) is 0 Å². The summed E-state index contributed by atoms with van der Waals surface area (Å²) in [5, 5.41) is 3.02. The highest BCUT2D eigenvalue weighted by molar-refractivity contribution is 7.17. The van der Waals surface area contributed by atoms with E-state index in [4.69, 9.17) is 10.5 Å². The average molecular weight is 389 g/mol. The number of ether oxygens (including phenoxy) is 1. The number of carbonyl (C=O) groups is 3. The molecule has 2 aromatic heterocycles. The number of thiophene rings is 1. The van der Waals surface area contributed by atoms with Crippen LogP contribution < -0.4 is 16.6 Å². The second-order valence-corrected chi connectivity index (χ2v) is 7.32. The number of aromatic nitrogens is 1. The summed E-state index contributed by atoms with van der Waals surface area (Å²) in [7, 11) is 0. The fourth-order valence-electron chi connectivity index (χ4n) is 2.98. The summed E-state index contributed by atoms with van der Waals surface area (Å²) in [6.07, 6.45) is 2.95. The van der Waals surface area contributed by atoms with Gasteiger partial charge in [0, 0.05) is 17.1 Å². The van der Waals surface area contributed by atoms with E-state index in [0.717, 1.165) is 29.7 Å². The summed E-state index contributed by atoms with van der Waals surface area (Å²) in [6.45, 7) is 1.13. The number of anilines is 1. The Morgan fingerprint density at radius 3 is 2.81 bits per heavy atom. The van der Waals surface area contributed by atoms with Gasteiger partial charge in [-0.2, -0.15) is 0 Å². The lowest BCUT2D eigenvalue weighted by Gasteiger charge is -2.14. The molecule has 2 aromatic rings. The molecule has 0 saturated carbocycles. The molecule has 0 aliphatic heterocycles. The lowest BCUT2D eigenvalue weighted by atomic mass is 10.1. The normalized spacial score (nSPS) is 13.7. The minimum Gasteiger partial charge on any atom is -0.451 e. The first kappa shape index (κ1) is 18.8. The van der Waals surface area contributed by atoms with Gasteiger partial charge >= 0.3 is 5.97 Å². The van der Waals surface area contributed by atoms with Crippen LogP contribution in [-0.2, 0) is 33.7 Å². The van der Waals surface area contributed by atoms with Gasteiger partial charge in [-0.15, -0.1) is 11.3 Å². The maximum Gasteiger partial charge on any atom is 0.326 e. The molecule has 0 unspecified atom stereocenters. The molecule has 0 bridgehead atoms. The largest absolute Gasteiger partial charge is 0.451 e. The van der Waals surface area contributed by atoms with E-state index >= 15 is 0 Å². The Kier molecular flexibility index (Phi) is 5.41. The van der Waals surface area contributed by atoms with Gasteiger partial charge in [-0.25, -0.2) is 0 Å². The predicted octanol–water partition coefficient (Wildman–Crippen LogP) is 1.07. The molecule has 0 saturated heterocycles. The molecule has 27 heavy (non-hydrogen) atoms. The number of rotatable bonds is 6. The third kappa shape index (κ3) is 4.08. The second-order valence-electron chi connectivity index (χ2n) is 6.21. The van der Waals surface area contributed by atoms with Crippen molar-refractivity contribution in [2.24, 2.45) is 5.73 Å². The molecule has 1 aliphatic rings. The molecule has 1 aliphatic carbocycles. The quantitative estimate of drug-likeness (QED) is 0.716. The standard InChI is InChI=1S/C18H19N3O5S/c1-10(26-14(23)9-21-8-3-2-7-13(21)22)17(25)20-18-15(16(19)24)11-5-4-6-12(11)27-18/h2-3,7-8,10H,4-6,9H2,1H3,(H2,19,24)(H,20,25)/t10-/m1/s1. The van der Waals surface area contributed by atoms with Crippen LogP contribution in [0, 0.1) is 0 Å². The van der Waals surface area contributed by atoms with Crippen LogP contribution in [0.5, 0.6) is 0 Å². The van der Waals surface area contributed by atoms with Gasteiger partial charge in [0.15, 0.2) is 6.10 Å². The van der Waals surface area contributed by atoms with Crippen LogP contribution in [0.4, 0.5) is 5.00 Å². The number of fused-ring (bicyclic) bond motifs is 1. The molecular weight excluding hydrogens is 370 g/mol. The van der Waals surface area contributed by atoms with Gasteiger partial charge in [0.05, 0.1) is 5.56 Å². The zero-order valence-corrected chi connectivity index (χ0v) is 15.5. The lowest BCUT2D eigenvalue weighted by Crippen LogP contribution is -2.33. The number of hydrogen-bond donors (Lipinski definition) is 2. The Balaban J connectivity index is 1.65. The summed E-state index contributed by atoms with van der Waals surface area (Å²) < 4.78 is 6.28. The first-order valence-corrected chi connectivity index (χ1v) is 9.28. The third-order valence-electron chi connectivity index (χ3n) is 4.28. The Bertz CT molecular complexity index is 962. The van der Waals surface area contributed by atoms with Crippen LogP contribution in [0.2, 0.25) is 0 Å². The number of aryl methyl sites for hydroxylation is 1. The fourth-order valence-corrected chi connectivity index (χ4v) is 4.28. The molecular formula is C18H19N3O5S. The third-order valence-corrected chi connectivity index (χ3v) is 5.49. The van der Waals surface area contributed by atoms with E-state index in [1.54, 1.807) is 12.1 Å². The minimum absolute atomic E-state index is 0.295. The van der Waals surface area contributed by atoms with Crippen LogP contribution in [0.1, 0.15) is 34.1 Å². The molecule has 2 amide bonds. The van der Waals surface area contributed by atoms with E-state index in [0.29, 0.717) is 10.6 Å². The van der Waals surface area contributed by atoms with E-state index in [1.807, 2.05) is 0 Å². The number of primary amides is 1. The summed E-state index contributed by atoms with van der Waals surface area (Å²) in [4.78, 5) is 48.8. The number of hydrogen-bond acceptors (Lipinski definition) is 6. The number of amides is 2. The average Bonchev–Trinajstić information content (AvgIpc) is 3.16. The molecule has 0 spiro atoms. The second kappa shape index (κ2) is 7.75. The minimum atomic E-state index is -1.09. The van der Waals surface area contributed by atoms with Crippen molar-refractivity contribution in [1.29, 1.82) is 0 Å². The van der Waals surface area contributed by atoms with Crippen molar-refractivity contribution in [2.75, 3.05) is 5.32 Å². The van der Waals surface area contributed by atoms with Gasteiger partial charge in [-0.3, -0.25) is 19.2 Å². The highest BCUT2D eigenvalue weighted by Gasteiger charge is 2.27. The molecule has 0 radical (unpaired) electrons. The molecule has 8 nitrogen and oxygen atoms in total. The molecule has 0 aromatic carbocycles. The van der Waals surface area contributed by atoms with E-state index in [-0.39, 0.29) is 12.1 Å². The van der Waals surface area contributed by atoms with Gasteiger partial charge in [0.25, 0.3) is 17.4 Å². The van der Waals surface area contributed by atoms with Crippen LogP contribution in [0.15, 0.2) is 29.2 Å². The van der Waals surface area contributed by atoms with E-state index < -0.39 is 23.9 Å². The Labute approximate surface area is 158 Å². The Hall–Kier alpha value is -2.94. The van der Waals surface area contributed by atoms with Crippen molar-refractivity contribution < 1.29 is 19.1 Å². The van der Waals surface area contributed by atoms with Gasteiger partial charge in [-0.1, -0.05) is 6.07 Å². The SMILES string of the molecule is C[C@@H](OC(=O)Cn1ccccc1=O)C(=O)Nc1sc2c(c1C(N)=O)CCC2. The number of nitrogens with two attached hydrogens (primary N) is 1. The predicted molar refractivity (Wildman–Crippen MR) is 99.7 cm³/mol. The number of carbonyl (C=O) groups excluding carboxylic acids is 3. The lowest BCUT2D eigenvalue weighted by molar-refractivity contribution is -0.153. The van der Waals surface area contributed by atoms with E-state index in [2.05, 4.69) is 5.32 Å². The summed E-state index contributed by atoms with van der Waals surface area (Å²) in [5.74, 6) is -1.86. The molecule has 3 N–H and O–H groups in total. The molecule has 2 heterocycles. The topological polar surface area (TPSA) is 120 Å². The maximum absolute atomic E-state index is 12.4. The molecule has 3 rings (SSSR count). The molecule has 9 heteroatoms. The zero-order valence-electron chi connectivity index (χ0n) is 14.7. The Morgan fingerprint density at radius 2 is 2.11 bits per heavy atom. The van der Waals surface area contributed by atoms with Gasteiger partial charge < -0.3 is 20.4 Å². The van der Waals surface area contributed by atoms with Crippen LogP contribution in [0.3, 0.4) is 0 Å². The van der Waals surface area contributed by atoms with Gasteiger partial charge in [0.1, 0.15) is 11.5 Å². The number of nitrogens with zero attached hydrogens (tertiary/aromatic N) is 1. The Morgan fingerprint density at radius 1 is 1.33 bits per heavy atom. The highest BCUT2D eigenvalue weighted by Crippen LogP contribution is 2.38. The van der Waals surface area contributed by atoms with E-state index in [1.165, 1.54) is 35.1 Å². The maximum atomic E-state index is 12.4.